The first-order valence-corrected chi connectivity index (χ1v) is 5.94. The molecule has 0 bridgehead atoms. The minimum atomic E-state index is 0.0472. The number of hydrogen-bond donors (Lipinski definition) is 1. The molecule has 0 aliphatic carbocycles. The van der Waals surface area contributed by atoms with E-state index in [0.29, 0.717) is 5.41 Å². The number of imidazole rings is 1. The average Bonchev–Trinajstić information content (AvgIpc) is 2.66. The molecule has 1 saturated heterocycles. The van der Waals surface area contributed by atoms with Crippen LogP contribution in [-0.2, 0) is 11.3 Å². The van der Waals surface area contributed by atoms with Crippen LogP contribution in [0.3, 0.4) is 0 Å². The van der Waals surface area contributed by atoms with Crippen LogP contribution in [0, 0.1) is 5.41 Å². The summed E-state index contributed by atoms with van der Waals surface area (Å²) in [4.78, 5) is 4.19. The SMILES string of the molecule is C[C@@H](N)c1cncn1CC1(C)CCOCC1. The predicted octanol–water partition coefficient (Wildman–Crippen LogP) is 1.72. The normalized spacial score (nSPS) is 21.9. The van der Waals surface area contributed by atoms with Crippen LogP contribution in [0.25, 0.3) is 0 Å². The smallest absolute Gasteiger partial charge is 0.0948 e. The molecular weight excluding hydrogens is 202 g/mol. The van der Waals surface area contributed by atoms with Gasteiger partial charge in [0.1, 0.15) is 0 Å². The Balaban J connectivity index is 2.10. The van der Waals surface area contributed by atoms with Crippen LogP contribution in [0.2, 0.25) is 0 Å². The van der Waals surface area contributed by atoms with Gasteiger partial charge in [-0.3, -0.25) is 0 Å². The minimum Gasteiger partial charge on any atom is -0.381 e. The summed E-state index contributed by atoms with van der Waals surface area (Å²) in [6, 6.07) is 0.0472. The number of nitrogens with two attached hydrogens (primary N) is 1. The molecule has 0 amide bonds. The fourth-order valence-electron chi connectivity index (χ4n) is 2.28. The molecule has 90 valence electrons. The van der Waals surface area contributed by atoms with Gasteiger partial charge in [-0.2, -0.15) is 0 Å². The standard InChI is InChI=1S/C12H21N3O/c1-10(13)11-7-14-9-15(11)8-12(2)3-5-16-6-4-12/h7,9-10H,3-6,8,13H2,1-2H3/t10-/m1/s1. The second kappa shape index (κ2) is 4.55. The summed E-state index contributed by atoms with van der Waals surface area (Å²) in [5.41, 5.74) is 7.36. The number of nitrogens with zero attached hydrogens (tertiary/aromatic N) is 2. The van der Waals surface area contributed by atoms with Crippen molar-refractivity contribution < 1.29 is 4.74 Å². The van der Waals surface area contributed by atoms with E-state index in [4.69, 9.17) is 10.5 Å². The van der Waals surface area contributed by atoms with Crippen LogP contribution in [-0.4, -0.2) is 22.8 Å². The largest absolute Gasteiger partial charge is 0.381 e. The summed E-state index contributed by atoms with van der Waals surface area (Å²) < 4.78 is 7.60. The molecule has 0 saturated carbocycles. The van der Waals surface area contributed by atoms with Gasteiger partial charge in [-0.05, 0) is 25.2 Å². The molecule has 1 atom stereocenters. The maximum absolute atomic E-state index is 5.92. The third-order valence-electron chi connectivity index (χ3n) is 3.46. The van der Waals surface area contributed by atoms with E-state index in [-0.39, 0.29) is 6.04 Å². The van der Waals surface area contributed by atoms with Crippen LogP contribution in [0.4, 0.5) is 0 Å². The van der Waals surface area contributed by atoms with Crippen molar-refractivity contribution in [1.29, 1.82) is 0 Å². The Labute approximate surface area is 96.8 Å². The van der Waals surface area contributed by atoms with Crippen LogP contribution in [0.5, 0.6) is 0 Å². The van der Waals surface area contributed by atoms with E-state index in [1.165, 1.54) is 0 Å². The van der Waals surface area contributed by atoms with Gasteiger partial charge in [-0.15, -0.1) is 0 Å². The van der Waals surface area contributed by atoms with E-state index in [1.54, 1.807) is 0 Å². The Kier molecular flexibility index (Phi) is 3.30. The molecule has 1 aromatic heterocycles. The maximum Gasteiger partial charge on any atom is 0.0948 e. The van der Waals surface area contributed by atoms with Gasteiger partial charge in [0.25, 0.3) is 0 Å². The Hall–Kier alpha value is -0.870. The summed E-state index contributed by atoms with van der Waals surface area (Å²) in [5, 5.41) is 0. The highest BCUT2D eigenvalue weighted by Gasteiger charge is 2.28. The molecule has 1 fully saturated rings. The zero-order valence-electron chi connectivity index (χ0n) is 10.1. The zero-order chi connectivity index (χ0) is 11.6. The van der Waals surface area contributed by atoms with E-state index in [2.05, 4.69) is 16.5 Å². The van der Waals surface area contributed by atoms with Crippen molar-refractivity contribution in [2.24, 2.45) is 11.1 Å². The lowest BCUT2D eigenvalue weighted by Gasteiger charge is -2.34. The third kappa shape index (κ3) is 2.44. The molecule has 0 aromatic carbocycles. The monoisotopic (exact) mass is 223 g/mol. The first-order chi connectivity index (χ1) is 7.61. The fraction of sp³-hybridized carbons (Fsp3) is 0.750. The molecule has 0 unspecified atom stereocenters. The van der Waals surface area contributed by atoms with Crippen LogP contribution < -0.4 is 5.73 Å². The highest BCUT2D eigenvalue weighted by atomic mass is 16.5. The van der Waals surface area contributed by atoms with E-state index in [9.17, 15) is 0 Å². The topological polar surface area (TPSA) is 53.1 Å². The van der Waals surface area contributed by atoms with Gasteiger partial charge in [0, 0.05) is 32.0 Å². The lowest BCUT2D eigenvalue weighted by atomic mass is 9.82. The number of rotatable bonds is 3. The highest BCUT2D eigenvalue weighted by Crippen LogP contribution is 2.32. The van der Waals surface area contributed by atoms with E-state index >= 15 is 0 Å². The van der Waals surface area contributed by atoms with Crippen LogP contribution in [0.1, 0.15) is 38.4 Å². The summed E-state index contributed by atoms with van der Waals surface area (Å²) in [5.74, 6) is 0. The van der Waals surface area contributed by atoms with Crippen molar-refractivity contribution in [2.45, 2.75) is 39.3 Å². The van der Waals surface area contributed by atoms with Crippen LogP contribution >= 0.6 is 0 Å². The highest BCUT2D eigenvalue weighted by molar-refractivity contribution is 5.04. The van der Waals surface area contributed by atoms with Crippen molar-refractivity contribution in [3.63, 3.8) is 0 Å². The Morgan fingerprint density at radius 1 is 1.56 bits per heavy atom. The number of aromatic nitrogens is 2. The van der Waals surface area contributed by atoms with Crippen LogP contribution in [0.15, 0.2) is 12.5 Å². The summed E-state index contributed by atoms with van der Waals surface area (Å²) in [7, 11) is 0. The van der Waals surface area contributed by atoms with E-state index < -0.39 is 0 Å². The van der Waals surface area contributed by atoms with Gasteiger partial charge in [0.05, 0.1) is 12.0 Å². The van der Waals surface area contributed by atoms with E-state index in [0.717, 1.165) is 38.3 Å². The molecule has 16 heavy (non-hydrogen) atoms. The molecule has 4 nitrogen and oxygen atoms in total. The van der Waals surface area contributed by atoms with Gasteiger partial charge >= 0.3 is 0 Å². The average molecular weight is 223 g/mol. The Bertz CT molecular complexity index is 340. The lowest BCUT2D eigenvalue weighted by Crippen LogP contribution is -2.31. The Morgan fingerprint density at radius 3 is 2.88 bits per heavy atom. The van der Waals surface area contributed by atoms with Crippen molar-refractivity contribution in [2.75, 3.05) is 13.2 Å². The Morgan fingerprint density at radius 2 is 2.25 bits per heavy atom. The number of ether oxygens (including phenoxy) is 1. The molecule has 0 radical (unpaired) electrons. The molecule has 2 N–H and O–H groups in total. The third-order valence-corrected chi connectivity index (χ3v) is 3.46. The van der Waals surface area contributed by atoms with Crippen molar-refractivity contribution >= 4 is 0 Å². The zero-order valence-corrected chi connectivity index (χ0v) is 10.1. The van der Waals surface area contributed by atoms with E-state index in [1.807, 2.05) is 19.4 Å². The van der Waals surface area contributed by atoms with Gasteiger partial charge in [0.15, 0.2) is 0 Å². The fourth-order valence-corrected chi connectivity index (χ4v) is 2.28. The minimum absolute atomic E-state index is 0.0472. The van der Waals surface area contributed by atoms with Gasteiger partial charge in [-0.25, -0.2) is 4.98 Å². The summed E-state index contributed by atoms with van der Waals surface area (Å²) in [6.45, 7) is 7.06. The molecule has 2 rings (SSSR count). The molecular formula is C12H21N3O. The molecule has 1 aromatic rings. The van der Waals surface area contributed by atoms with Crippen molar-refractivity contribution in [1.82, 2.24) is 9.55 Å². The molecule has 4 heteroatoms. The maximum atomic E-state index is 5.92. The summed E-state index contributed by atoms with van der Waals surface area (Å²) >= 11 is 0. The molecule has 0 spiro atoms. The lowest BCUT2D eigenvalue weighted by molar-refractivity contribution is 0.0151. The molecule has 1 aliphatic heterocycles. The quantitative estimate of drug-likeness (QED) is 0.849. The van der Waals surface area contributed by atoms with Gasteiger partial charge < -0.3 is 15.0 Å². The van der Waals surface area contributed by atoms with Crippen molar-refractivity contribution in [3.05, 3.63) is 18.2 Å². The molecule has 1 aliphatic rings. The number of hydrogen-bond acceptors (Lipinski definition) is 3. The first kappa shape index (κ1) is 11.6. The van der Waals surface area contributed by atoms with Crippen molar-refractivity contribution in [3.8, 4) is 0 Å². The molecule has 2 heterocycles. The van der Waals surface area contributed by atoms with Gasteiger partial charge in [0.2, 0.25) is 0 Å². The second-order valence-corrected chi connectivity index (χ2v) is 5.16. The van der Waals surface area contributed by atoms with Gasteiger partial charge in [-0.1, -0.05) is 6.92 Å². The second-order valence-electron chi connectivity index (χ2n) is 5.16. The summed E-state index contributed by atoms with van der Waals surface area (Å²) in [6.07, 6.45) is 5.99. The first-order valence-electron chi connectivity index (χ1n) is 5.94. The predicted molar refractivity (Wildman–Crippen MR) is 63.0 cm³/mol.